The second-order valence-electron chi connectivity index (χ2n) is 8.88. The number of carbonyl (C=O) groups is 2. The van der Waals surface area contributed by atoms with Crippen molar-refractivity contribution in [1.82, 2.24) is 5.32 Å². The largest absolute Gasteiger partial charge is 0.464 e. The summed E-state index contributed by atoms with van der Waals surface area (Å²) < 4.78 is 16.6. The molecule has 0 radical (unpaired) electrons. The van der Waals surface area contributed by atoms with Gasteiger partial charge >= 0.3 is 5.97 Å². The number of hydrogen-bond donors (Lipinski definition) is 1. The fourth-order valence-electron chi connectivity index (χ4n) is 5.05. The Morgan fingerprint density at radius 3 is 2.75 bits per heavy atom. The Morgan fingerprint density at radius 2 is 1.97 bits per heavy atom. The highest BCUT2D eigenvalue weighted by Crippen LogP contribution is 2.45. The van der Waals surface area contributed by atoms with E-state index in [-0.39, 0.29) is 41.5 Å². The van der Waals surface area contributed by atoms with E-state index in [1.165, 1.54) is 6.26 Å². The molecule has 0 spiro atoms. The van der Waals surface area contributed by atoms with Crippen LogP contribution in [-0.2, 0) is 19.1 Å². The van der Waals surface area contributed by atoms with Crippen molar-refractivity contribution >= 4 is 34.1 Å². The lowest BCUT2D eigenvalue weighted by atomic mass is 9.73. The van der Waals surface area contributed by atoms with Crippen molar-refractivity contribution in [3.63, 3.8) is 0 Å². The third kappa shape index (κ3) is 4.42. The molecular formula is C28H27NO6S. The van der Waals surface area contributed by atoms with Crippen LogP contribution in [0.1, 0.15) is 49.0 Å². The Hall–Kier alpha value is -3.49. The minimum atomic E-state index is -0.876. The molecule has 7 nitrogen and oxygen atoms in total. The third-order valence-corrected chi connectivity index (χ3v) is 7.71. The zero-order valence-electron chi connectivity index (χ0n) is 20.2. The van der Waals surface area contributed by atoms with Crippen LogP contribution in [-0.4, -0.2) is 31.6 Å². The van der Waals surface area contributed by atoms with Crippen molar-refractivity contribution in [3.05, 3.63) is 91.2 Å². The van der Waals surface area contributed by atoms with Crippen LogP contribution in [0.2, 0.25) is 0 Å². The molecule has 1 aliphatic carbocycles. The first kappa shape index (κ1) is 24.2. The number of nitrogens with one attached hydrogen (secondary N) is 1. The summed E-state index contributed by atoms with van der Waals surface area (Å²) in [4.78, 5) is 41.7. The van der Waals surface area contributed by atoms with Crippen LogP contribution in [0.15, 0.2) is 79.8 Å². The van der Waals surface area contributed by atoms with Gasteiger partial charge in [-0.25, -0.2) is 4.79 Å². The van der Waals surface area contributed by atoms with Crippen molar-refractivity contribution in [2.45, 2.75) is 38.5 Å². The topological polar surface area (TPSA) is 94.8 Å². The third-order valence-electron chi connectivity index (χ3n) is 6.68. The van der Waals surface area contributed by atoms with Crippen LogP contribution < -0.4 is 10.7 Å². The predicted molar refractivity (Wildman–Crippen MR) is 137 cm³/mol. The zero-order valence-corrected chi connectivity index (χ0v) is 21.0. The number of Topliss-reactive ketones (excluding diaryl/α,β-unsaturated/α-hetero) is 1. The van der Waals surface area contributed by atoms with Gasteiger partial charge < -0.3 is 19.2 Å². The minimum Gasteiger partial charge on any atom is -0.464 e. The number of allylic oxidation sites excluding steroid dienone is 3. The first-order chi connectivity index (χ1) is 17.5. The molecule has 5 rings (SSSR count). The Bertz CT molecular complexity index is 1430. The maximum Gasteiger partial charge on any atom is 0.336 e. The molecule has 1 aliphatic heterocycles. The molecule has 0 fully saturated rings. The first-order valence-electron chi connectivity index (χ1n) is 12.0. The molecule has 3 aromatic rings. The first-order valence-corrected chi connectivity index (χ1v) is 12.9. The van der Waals surface area contributed by atoms with Gasteiger partial charge in [0, 0.05) is 46.4 Å². The van der Waals surface area contributed by atoms with Gasteiger partial charge in [-0.05, 0) is 43.8 Å². The van der Waals surface area contributed by atoms with Gasteiger partial charge in [-0.15, -0.1) is 11.3 Å². The number of fused-ring (bicyclic) bond motifs is 1. The number of ketones is 1. The molecule has 186 valence electrons. The Morgan fingerprint density at radius 1 is 1.14 bits per heavy atom. The summed E-state index contributed by atoms with van der Waals surface area (Å²) in [5.41, 5.74) is 2.42. The molecule has 2 aromatic heterocycles. The monoisotopic (exact) mass is 505 g/mol. The van der Waals surface area contributed by atoms with Gasteiger partial charge in [0.2, 0.25) is 0 Å². The molecular weight excluding hydrogens is 478 g/mol. The van der Waals surface area contributed by atoms with Crippen LogP contribution in [0, 0.1) is 0 Å². The van der Waals surface area contributed by atoms with E-state index in [0.717, 1.165) is 10.6 Å². The molecule has 36 heavy (non-hydrogen) atoms. The van der Waals surface area contributed by atoms with E-state index in [2.05, 4.69) is 5.32 Å². The highest BCUT2D eigenvalue weighted by atomic mass is 32.1. The van der Waals surface area contributed by atoms with E-state index >= 15 is 0 Å². The van der Waals surface area contributed by atoms with Crippen molar-refractivity contribution < 1.29 is 23.5 Å². The van der Waals surface area contributed by atoms with Crippen LogP contribution in [0.3, 0.4) is 0 Å². The summed E-state index contributed by atoms with van der Waals surface area (Å²) in [5.74, 6) is -1.51. The molecule has 2 aliphatic rings. The summed E-state index contributed by atoms with van der Waals surface area (Å²) in [7, 11) is 0. The van der Waals surface area contributed by atoms with Gasteiger partial charge in [0.05, 0.1) is 29.7 Å². The zero-order chi connectivity index (χ0) is 25.2. The number of thiophene rings is 1. The Labute approximate surface area is 212 Å². The second-order valence-corrected chi connectivity index (χ2v) is 9.86. The van der Waals surface area contributed by atoms with Gasteiger partial charge in [0.1, 0.15) is 12.2 Å². The standard InChI is InChI=1S/C28H27NO6S/c1-3-33-10-11-34-28(32)24-16(2)29-20-13-17(23-9-6-12-36-23)14-21(30)26(20)25(24)19-15-35-22-8-5-4-7-18(22)27(19)31/h4-9,12,15,17,25,29H,3,10-11,13-14H2,1-2H3/t17-,25-/m0/s1. The van der Waals surface area contributed by atoms with Gasteiger partial charge in [-0.2, -0.15) is 0 Å². The van der Waals surface area contributed by atoms with Crippen LogP contribution in [0.25, 0.3) is 11.0 Å². The summed E-state index contributed by atoms with van der Waals surface area (Å²) in [5, 5.41) is 5.71. The fraction of sp³-hybridized carbons (Fsp3) is 0.321. The fourth-order valence-corrected chi connectivity index (χ4v) is 5.88. The second kappa shape index (κ2) is 10.2. The van der Waals surface area contributed by atoms with Crippen LogP contribution >= 0.6 is 11.3 Å². The molecule has 0 saturated carbocycles. The van der Waals surface area contributed by atoms with Crippen molar-refractivity contribution in [2.75, 3.05) is 19.8 Å². The number of dihydropyridines is 1. The molecule has 0 amide bonds. The number of para-hydroxylation sites is 1. The number of rotatable bonds is 7. The summed E-state index contributed by atoms with van der Waals surface area (Å²) in [6.45, 7) is 4.49. The van der Waals surface area contributed by atoms with E-state index in [1.54, 1.807) is 42.5 Å². The predicted octanol–water partition coefficient (Wildman–Crippen LogP) is 4.80. The number of ether oxygens (including phenoxy) is 2. The molecule has 2 atom stereocenters. The Balaban J connectivity index is 1.61. The molecule has 0 saturated heterocycles. The van der Waals surface area contributed by atoms with Gasteiger partial charge in [0.15, 0.2) is 11.2 Å². The quantitative estimate of drug-likeness (QED) is 0.364. The van der Waals surface area contributed by atoms with Crippen LogP contribution in [0.5, 0.6) is 0 Å². The van der Waals surface area contributed by atoms with E-state index < -0.39 is 11.9 Å². The minimum absolute atomic E-state index is 0.0462. The van der Waals surface area contributed by atoms with Crippen LogP contribution in [0.4, 0.5) is 0 Å². The summed E-state index contributed by atoms with van der Waals surface area (Å²) >= 11 is 1.63. The summed E-state index contributed by atoms with van der Waals surface area (Å²) in [6.07, 6.45) is 2.30. The lowest BCUT2D eigenvalue weighted by Gasteiger charge is -2.36. The van der Waals surface area contributed by atoms with Crippen molar-refractivity contribution in [2.24, 2.45) is 0 Å². The highest BCUT2D eigenvalue weighted by molar-refractivity contribution is 7.10. The van der Waals surface area contributed by atoms with E-state index in [9.17, 15) is 14.4 Å². The summed E-state index contributed by atoms with van der Waals surface area (Å²) in [6, 6.07) is 11.0. The average Bonchev–Trinajstić information content (AvgIpc) is 3.41. The molecule has 1 aromatic carbocycles. The maximum atomic E-state index is 13.6. The molecule has 0 bridgehead atoms. The smallest absolute Gasteiger partial charge is 0.336 e. The molecule has 0 unspecified atom stereocenters. The Kier molecular flexibility index (Phi) is 6.89. The lowest BCUT2D eigenvalue weighted by molar-refractivity contribution is -0.140. The molecule has 3 heterocycles. The maximum absolute atomic E-state index is 13.6. The molecule has 8 heteroatoms. The van der Waals surface area contributed by atoms with Crippen molar-refractivity contribution in [1.29, 1.82) is 0 Å². The van der Waals surface area contributed by atoms with E-state index in [4.69, 9.17) is 13.9 Å². The number of carbonyl (C=O) groups excluding carboxylic acids is 2. The number of esters is 1. The van der Waals surface area contributed by atoms with Gasteiger partial charge in [-0.1, -0.05) is 18.2 Å². The highest BCUT2D eigenvalue weighted by Gasteiger charge is 2.43. The molecule has 1 N–H and O–H groups in total. The normalized spacial score (nSPS) is 19.9. The average molecular weight is 506 g/mol. The lowest BCUT2D eigenvalue weighted by Crippen LogP contribution is -2.37. The van der Waals surface area contributed by atoms with Gasteiger partial charge in [0.25, 0.3) is 0 Å². The van der Waals surface area contributed by atoms with E-state index in [0.29, 0.717) is 41.7 Å². The van der Waals surface area contributed by atoms with Gasteiger partial charge in [-0.3, -0.25) is 9.59 Å². The van der Waals surface area contributed by atoms with Crippen molar-refractivity contribution in [3.8, 4) is 0 Å². The number of hydrogen-bond acceptors (Lipinski definition) is 8. The van der Waals surface area contributed by atoms with E-state index in [1.807, 2.05) is 24.4 Å². The number of benzene rings is 1. The SMILES string of the molecule is CCOCCOC(=O)C1=C(C)NC2=C(C(=O)C[C@@H](c3cccs3)C2)[C@H]1c1coc2ccccc2c1=O.